The Hall–Kier alpha value is -1.37. The Bertz CT molecular complexity index is 401. The Morgan fingerprint density at radius 2 is 1.81 bits per heavy atom. The molecular formula is C15H18O. The van der Waals surface area contributed by atoms with E-state index in [9.17, 15) is 4.79 Å². The van der Waals surface area contributed by atoms with E-state index in [0.717, 1.165) is 12.0 Å². The molecule has 0 radical (unpaired) electrons. The average molecular weight is 214 g/mol. The Labute approximate surface area is 97.2 Å². The van der Waals surface area contributed by atoms with E-state index in [2.05, 4.69) is 6.92 Å². The summed E-state index contributed by atoms with van der Waals surface area (Å²) in [4.78, 5) is 12.0. The van der Waals surface area contributed by atoms with Crippen molar-refractivity contribution in [3.05, 3.63) is 47.0 Å². The van der Waals surface area contributed by atoms with Crippen molar-refractivity contribution in [1.82, 2.24) is 0 Å². The molecule has 0 aromatic heterocycles. The molecule has 0 fully saturated rings. The third-order valence-corrected chi connectivity index (χ3v) is 3.35. The van der Waals surface area contributed by atoms with Gasteiger partial charge in [0.05, 0.1) is 0 Å². The highest BCUT2D eigenvalue weighted by Crippen LogP contribution is 2.27. The second-order valence-corrected chi connectivity index (χ2v) is 4.56. The van der Waals surface area contributed by atoms with Crippen molar-refractivity contribution < 1.29 is 4.79 Å². The molecule has 0 saturated heterocycles. The molecule has 0 amide bonds. The number of carbonyl (C=O) groups is 1. The molecule has 1 aromatic carbocycles. The maximum Gasteiger partial charge on any atom is 0.166 e. The Kier molecular flexibility index (Phi) is 3.55. The highest BCUT2D eigenvalue weighted by Gasteiger charge is 2.13. The van der Waals surface area contributed by atoms with E-state index in [1.165, 1.54) is 30.4 Å². The third-order valence-electron chi connectivity index (χ3n) is 3.35. The minimum atomic E-state index is 0.261. The van der Waals surface area contributed by atoms with Gasteiger partial charge in [0.15, 0.2) is 5.78 Å². The molecule has 16 heavy (non-hydrogen) atoms. The van der Waals surface area contributed by atoms with Gasteiger partial charge in [-0.1, -0.05) is 41.5 Å². The lowest BCUT2D eigenvalue weighted by Crippen LogP contribution is -2.05. The predicted molar refractivity (Wildman–Crippen MR) is 66.6 cm³/mol. The van der Waals surface area contributed by atoms with E-state index in [0.29, 0.717) is 6.42 Å². The summed E-state index contributed by atoms with van der Waals surface area (Å²) in [7, 11) is 0. The Morgan fingerprint density at radius 3 is 2.50 bits per heavy atom. The normalized spacial score (nSPS) is 16.3. The lowest BCUT2D eigenvalue weighted by molar-refractivity contribution is 0.0991. The monoisotopic (exact) mass is 214 g/mol. The van der Waals surface area contributed by atoms with E-state index in [1.54, 1.807) is 0 Å². The van der Waals surface area contributed by atoms with Gasteiger partial charge in [-0.2, -0.15) is 0 Å². The van der Waals surface area contributed by atoms with Crippen molar-refractivity contribution in [2.24, 2.45) is 0 Å². The highest BCUT2D eigenvalue weighted by atomic mass is 16.1. The molecule has 0 atom stereocenters. The summed E-state index contributed by atoms with van der Waals surface area (Å²) in [5.41, 5.74) is 3.66. The van der Waals surface area contributed by atoms with Crippen LogP contribution in [-0.2, 0) is 0 Å². The molecular weight excluding hydrogens is 196 g/mol. The van der Waals surface area contributed by atoms with Gasteiger partial charge in [0.1, 0.15) is 0 Å². The minimum Gasteiger partial charge on any atom is -0.294 e. The summed E-state index contributed by atoms with van der Waals surface area (Å²) < 4.78 is 0. The minimum absolute atomic E-state index is 0.261. The van der Waals surface area contributed by atoms with E-state index in [1.807, 2.05) is 30.3 Å². The van der Waals surface area contributed by atoms with Crippen molar-refractivity contribution in [1.29, 1.82) is 0 Å². The first-order valence-corrected chi connectivity index (χ1v) is 6.03. The number of benzene rings is 1. The van der Waals surface area contributed by atoms with Crippen LogP contribution in [0.1, 0.15) is 49.4 Å². The summed E-state index contributed by atoms with van der Waals surface area (Å²) in [5, 5.41) is 0. The standard InChI is InChI=1S/C15H18O/c1-12-7-5-6-10-14(12)11-15(16)13-8-3-2-4-9-13/h2-4,8-9H,5-7,10-11H2,1H3. The van der Waals surface area contributed by atoms with Crippen LogP contribution in [0, 0.1) is 0 Å². The highest BCUT2D eigenvalue weighted by molar-refractivity contribution is 5.97. The second kappa shape index (κ2) is 5.11. The summed E-state index contributed by atoms with van der Waals surface area (Å²) in [6.45, 7) is 2.17. The predicted octanol–water partition coefficient (Wildman–Crippen LogP) is 4.15. The smallest absolute Gasteiger partial charge is 0.166 e. The van der Waals surface area contributed by atoms with E-state index >= 15 is 0 Å². The number of allylic oxidation sites excluding steroid dienone is 2. The van der Waals surface area contributed by atoms with Gasteiger partial charge >= 0.3 is 0 Å². The molecule has 84 valence electrons. The van der Waals surface area contributed by atoms with Gasteiger partial charge in [-0.25, -0.2) is 0 Å². The van der Waals surface area contributed by atoms with Crippen LogP contribution in [0.5, 0.6) is 0 Å². The molecule has 2 rings (SSSR count). The topological polar surface area (TPSA) is 17.1 Å². The van der Waals surface area contributed by atoms with E-state index in [4.69, 9.17) is 0 Å². The molecule has 0 bridgehead atoms. The quantitative estimate of drug-likeness (QED) is 0.545. The molecule has 0 unspecified atom stereocenters. The molecule has 0 aliphatic heterocycles. The van der Waals surface area contributed by atoms with Crippen molar-refractivity contribution >= 4 is 5.78 Å². The van der Waals surface area contributed by atoms with Crippen LogP contribution in [0.3, 0.4) is 0 Å². The fourth-order valence-electron chi connectivity index (χ4n) is 2.28. The fraction of sp³-hybridized carbons (Fsp3) is 0.400. The molecule has 1 aliphatic carbocycles. The maximum atomic E-state index is 12.0. The van der Waals surface area contributed by atoms with Gasteiger partial charge in [0, 0.05) is 12.0 Å². The first kappa shape index (κ1) is 11.1. The number of carbonyl (C=O) groups excluding carboxylic acids is 1. The first-order chi connectivity index (χ1) is 7.77. The molecule has 1 heteroatoms. The van der Waals surface area contributed by atoms with E-state index < -0.39 is 0 Å². The number of hydrogen-bond acceptors (Lipinski definition) is 1. The average Bonchev–Trinajstić information content (AvgIpc) is 2.33. The van der Waals surface area contributed by atoms with Gasteiger partial charge in [-0.05, 0) is 32.6 Å². The molecule has 0 spiro atoms. The maximum absolute atomic E-state index is 12.0. The number of ketones is 1. The summed E-state index contributed by atoms with van der Waals surface area (Å²) in [5.74, 6) is 0.261. The largest absolute Gasteiger partial charge is 0.294 e. The van der Waals surface area contributed by atoms with Crippen LogP contribution in [-0.4, -0.2) is 5.78 Å². The van der Waals surface area contributed by atoms with Gasteiger partial charge in [-0.15, -0.1) is 0 Å². The summed E-state index contributed by atoms with van der Waals surface area (Å²) in [6.07, 6.45) is 5.45. The second-order valence-electron chi connectivity index (χ2n) is 4.56. The van der Waals surface area contributed by atoms with Crippen LogP contribution in [0.2, 0.25) is 0 Å². The number of rotatable bonds is 3. The lowest BCUT2D eigenvalue weighted by Gasteiger charge is -2.17. The molecule has 0 saturated carbocycles. The summed E-state index contributed by atoms with van der Waals surface area (Å²) in [6, 6.07) is 9.61. The SMILES string of the molecule is CC1=C(CC(=O)c2ccccc2)CCCC1. The number of Topliss-reactive ketones (excluding diaryl/α,β-unsaturated/α-hetero) is 1. The van der Waals surface area contributed by atoms with Crippen LogP contribution >= 0.6 is 0 Å². The molecule has 0 heterocycles. The van der Waals surface area contributed by atoms with Crippen LogP contribution < -0.4 is 0 Å². The first-order valence-electron chi connectivity index (χ1n) is 6.03. The van der Waals surface area contributed by atoms with Crippen molar-refractivity contribution in [3.63, 3.8) is 0 Å². The van der Waals surface area contributed by atoms with Gasteiger partial charge < -0.3 is 0 Å². The van der Waals surface area contributed by atoms with Gasteiger partial charge in [0.2, 0.25) is 0 Å². The van der Waals surface area contributed by atoms with Gasteiger partial charge in [-0.3, -0.25) is 4.79 Å². The van der Waals surface area contributed by atoms with Crippen molar-refractivity contribution in [2.75, 3.05) is 0 Å². The lowest BCUT2D eigenvalue weighted by atomic mass is 9.88. The molecule has 0 N–H and O–H groups in total. The Morgan fingerprint density at radius 1 is 1.12 bits per heavy atom. The fourth-order valence-corrected chi connectivity index (χ4v) is 2.28. The zero-order chi connectivity index (χ0) is 11.4. The number of hydrogen-bond donors (Lipinski definition) is 0. The summed E-state index contributed by atoms with van der Waals surface area (Å²) >= 11 is 0. The van der Waals surface area contributed by atoms with Crippen LogP contribution in [0.25, 0.3) is 0 Å². The zero-order valence-electron chi connectivity index (χ0n) is 9.83. The molecule has 1 aromatic rings. The molecule has 1 aliphatic rings. The van der Waals surface area contributed by atoms with Gasteiger partial charge in [0.25, 0.3) is 0 Å². The molecule has 1 nitrogen and oxygen atoms in total. The van der Waals surface area contributed by atoms with Crippen LogP contribution in [0.15, 0.2) is 41.5 Å². The Balaban J connectivity index is 2.08. The van der Waals surface area contributed by atoms with Crippen LogP contribution in [0.4, 0.5) is 0 Å². The van der Waals surface area contributed by atoms with Crippen molar-refractivity contribution in [3.8, 4) is 0 Å². The van der Waals surface area contributed by atoms with Crippen molar-refractivity contribution in [2.45, 2.75) is 39.0 Å². The zero-order valence-corrected chi connectivity index (χ0v) is 9.83. The third kappa shape index (κ3) is 2.60. The van der Waals surface area contributed by atoms with E-state index in [-0.39, 0.29) is 5.78 Å².